The molecule has 0 aromatic rings. The maximum absolute atomic E-state index is 11.2. The highest BCUT2D eigenvalue weighted by Crippen LogP contribution is 2.68. The molecular formula is C9H14O2. The predicted octanol–water partition coefficient (Wildman–Crippen LogP) is 1.60. The first-order valence-corrected chi connectivity index (χ1v) is 4.26. The van der Waals surface area contributed by atoms with Gasteiger partial charge >= 0.3 is 5.97 Å². The Morgan fingerprint density at radius 3 is 2.36 bits per heavy atom. The van der Waals surface area contributed by atoms with Crippen molar-refractivity contribution < 1.29 is 9.53 Å². The molecule has 2 bridgehead atoms. The molecule has 11 heavy (non-hydrogen) atoms. The Kier molecular flexibility index (Phi) is 1.29. The minimum Gasteiger partial charge on any atom is -0.469 e. The zero-order valence-corrected chi connectivity index (χ0v) is 7.09. The molecule has 0 heterocycles. The number of methoxy groups -OCH3 is 1. The van der Waals surface area contributed by atoms with Crippen LogP contribution in [0.5, 0.6) is 0 Å². The average Bonchev–Trinajstić information content (AvgIpc) is 1.79. The fourth-order valence-electron chi connectivity index (χ4n) is 2.50. The molecule has 0 radical (unpaired) electrons. The third-order valence-corrected chi connectivity index (χ3v) is 3.56. The van der Waals surface area contributed by atoms with Gasteiger partial charge in [0.15, 0.2) is 0 Å². The van der Waals surface area contributed by atoms with E-state index in [0.717, 1.165) is 5.92 Å². The molecule has 3 rings (SSSR count). The van der Waals surface area contributed by atoms with E-state index in [9.17, 15) is 4.79 Å². The van der Waals surface area contributed by atoms with Crippen LogP contribution in [0.2, 0.25) is 0 Å². The standard InChI is InChI=1S/C9H14O2/c1-6(8(10)11-2)9-3-7(4-9)5-9/h6-7H,3-5H2,1-2H3. The fraction of sp³-hybridized carbons (Fsp3) is 0.889. The zero-order chi connectivity index (χ0) is 8.06. The van der Waals surface area contributed by atoms with Crippen molar-refractivity contribution in [3.05, 3.63) is 0 Å². The van der Waals surface area contributed by atoms with Crippen molar-refractivity contribution in [2.24, 2.45) is 17.3 Å². The van der Waals surface area contributed by atoms with E-state index in [4.69, 9.17) is 4.74 Å². The van der Waals surface area contributed by atoms with Crippen molar-refractivity contribution in [2.45, 2.75) is 26.2 Å². The molecule has 2 nitrogen and oxygen atoms in total. The van der Waals surface area contributed by atoms with Gasteiger partial charge in [0.1, 0.15) is 0 Å². The van der Waals surface area contributed by atoms with Gasteiger partial charge in [-0.1, -0.05) is 6.92 Å². The topological polar surface area (TPSA) is 26.3 Å². The highest BCUT2D eigenvalue weighted by Gasteiger charge is 2.61. The van der Waals surface area contributed by atoms with Gasteiger partial charge in [0.2, 0.25) is 0 Å². The average molecular weight is 154 g/mol. The van der Waals surface area contributed by atoms with Crippen LogP contribution in [-0.2, 0) is 9.53 Å². The van der Waals surface area contributed by atoms with E-state index in [1.807, 2.05) is 6.92 Å². The van der Waals surface area contributed by atoms with Crippen molar-refractivity contribution in [1.82, 2.24) is 0 Å². The Morgan fingerprint density at radius 2 is 2.09 bits per heavy atom. The molecule has 1 unspecified atom stereocenters. The SMILES string of the molecule is COC(=O)C(C)C12CC(C1)C2. The van der Waals surface area contributed by atoms with Crippen LogP contribution in [-0.4, -0.2) is 13.1 Å². The quantitative estimate of drug-likeness (QED) is 0.565. The van der Waals surface area contributed by atoms with Gasteiger partial charge in [0.25, 0.3) is 0 Å². The summed E-state index contributed by atoms with van der Waals surface area (Å²) in [6.45, 7) is 2.00. The first kappa shape index (κ1) is 7.14. The zero-order valence-electron chi connectivity index (χ0n) is 7.09. The van der Waals surface area contributed by atoms with Crippen LogP contribution in [0.3, 0.4) is 0 Å². The summed E-state index contributed by atoms with van der Waals surface area (Å²) in [7, 11) is 1.48. The Labute approximate surface area is 66.9 Å². The van der Waals surface area contributed by atoms with Gasteiger partial charge in [-0.3, -0.25) is 4.79 Å². The highest BCUT2D eigenvalue weighted by atomic mass is 16.5. The highest BCUT2D eigenvalue weighted by molar-refractivity contribution is 5.73. The van der Waals surface area contributed by atoms with E-state index in [-0.39, 0.29) is 11.9 Å². The molecule has 3 saturated carbocycles. The molecule has 2 heteroatoms. The molecule has 3 aliphatic rings. The predicted molar refractivity (Wildman–Crippen MR) is 41.0 cm³/mol. The van der Waals surface area contributed by atoms with E-state index in [2.05, 4.69) is 0 Å². The van der Waals surface area contributed by atoms with Crippen molar-refractivity contribution in [3.63, 3.8) is 0 Å². The van der Waals surface area contributed by atoms with Gasteiger partial charge < -0.3 is 4.74 Å². The molecule has 62 valence electrons. The van der Waals surface area contributed by atoms with Crippen LogP contribution in [0.15, 0.2) is 0 Å². The van der Waals surface area contributed by atoms with Crippen LogP contribution in [0, 0.1) is 17.3 Å². The van der Waals surface area contributed by atoms with Gasteiger partial charge in [-0.25, -0.2) is 0 Å². The summed E-state index contributed by atoms with van der Waals surface area (Å²) < 4.78 is 4.72. The lowest BCUT2D eigenvalue weighted by atomic mass is 9.40. The monoisotopic (exact) mass is 154 g/mol. The van der Waals surface area contributed by atoms with Crippen LogP contribution in [0.25, 0.3) is 0 Å². The number of carbonyl (C=O) groups excluding carboxylic acids is 1. The van der Waals surface area contributed by atoms with Gasteiger partial charge in [-0.15, -0.1) is 0 Å². The van der Waals surface area contributed by atoms with Crippen molar-refractivity contribution >= 4 is 5.97 Å². The number of esters is 1. The molecule has 0 amide bonds. The number of ether oxygens (including phenoxy) is 1. The van der Waals surface area contributed by atoms with Gasteiger partial charge in [0, 0.05) is 0 Å². The Hall–Kier alpha value is -0.530. The first-order valence-electron chi connectivity index (χ1n) is 4.26. The van der Waals surface area contributed by atoms with Crippen molar-refractivity contribution in [1.29, 1.82) is 0 Å². The second-order valence-corrected chi connectivity index (χ2v) is 4.09. The Bertz CT molecular complexity index is 181. The summed E-state index contributed by atoms with van der Waals surface area (Å²) in [6, 6.07) is 0. The summed E-state index contributed by atoms with van der Waals surface area (Å²) in [5.41, 5.74) is 0.373. The second-order valence-electron chi connectivity index (χ2n) is 4.09. The molecule has 0 aliphatic heterocycles. The van der Waals surface area contributed by atoms with E-state index in [1.165, 1.54) is 26.4 Å². The van der Waals surface area contributed by atoms with Crippen molar-refractivity contribution in [2.75, 3.05) is 7.11 Å². The van der Waals surface area contributed by atoms with E-state index in [1.54, 1.807) is 0 Å². The molecule has 0 spiro atoms. The van der Waals surface area contributed by atoms with Crippen LogP contribution in [0.4, 0.5) is 0 Å². The summed E-state index contributed by atoms with van der Waals surface area (Å²) in [6.07, 6.45) is 3.80. The van der Waals surface area contributed by atoms with Crippen LogP contribution < -0.4 is 0 Å². The Morgan fingerprint density at radius 1 is 1.55 bits per heavy atom. The Balaban J connectivity index is 1.98. The second kappa shape index (κ2) is 1.99. The van der Waals surface area contributed by atoms with Crippen LogP contribution in [0.1, 0.15) is 26.2 Å². The lowest BCUT2D eigenvalue weighted by Crippen LogP contribution is -2.57. The minimum absolute atomic E-state index is 0.0249. The van der Waals surface area contributed by atoms with Crippen LogP contribution >= 0.6 is 0 Å². The lowest BCUT2D eigenvalue weighted by molar-refractivity contribution is -0.181. The number of hydrogen-bond acceptors (Lipinski definition) is 2. The first-order chi connectivity index (χ1) is 5.18. The lowest BCUT2D eigenvalue weighted by Gasteiger charge is -2.64. The van der Waals surface area contributed by atoms with E-state index in [0.29, 0.717) is 5.41 Å². The molecule has 1 atom stereocenters. The number of rotatable bonds is 2. The van der Waals surface area contributed by atoms with E-state index < -0.39 is 0 Å². The molecule has 0 aromatic heterocycles. The van der Waals surface area contributed by atoms with Gasteiger partial charge in [-0.05, 0) is 30.6 Å². The summed E-state index contributed by atoms with van der Waals surface area (Å²) in [5, 5.41) is 0. The molecule has 0 aromatic carbocycles. The van der Waals surface area contributed by atoms with Crippen molar-refractivity contribution in [3.8, 4) is 0 Å². The minimum atomic E-state index is -0.0249. The number of carbonyl (C=O) groups is 1. The fourth-order valence-corrected chi connectivity index (χ4v) is 2.50. The maximum atomic E-state index is 11.2. The molecule has 3 fully saturated rings. The number of hydrogen-bond donors (Lipinski definition) is 0. The largest absolute Gasteiger partial charge is 0.469 e. The molecular weight excluding hydrogens is 140 g/mol. The summed E-state index contributed by atoms with van der Waals surface area (Å²) in [5.74, 6) is 1.06. The molecule has 0 saturated heterocycles. The summed E-state index contributed by atoms with van der Waals surface area (Å²) in [4.78, 5) is 11.2. The third-order valence-electron chi connectivity index (χ3n) is 3.56. The molecule has 3 aliphatic carbocycles. The smallest absolute Gasteiger partial charge is 0.308 e. The summed E-state index contributed by atoms with van der Waals surface area (Å²) >= 11 is 0. The molecule has 0 N–H and O–H groups in total. The van der Waals surface area contributed by atoms with E-state index >= 15 is 0 Å². The van der Waals surface area contributed by atoms with Gasteiger partial charge in [0.05, 0.1) is 13.0 Å². The maximum Gasteiger partial charge on any atom is 0.308 e. The van der Waals surface area contributed by atoms with Gasteiger partial charge in [-0.2, -0.15) is 0 Å². The third kappa shape index (κ3) is 0.754. The normalized spacial score (nSPS) is 41.8.